The van der Waals surface area contributed by atoms with Crippen molar-refractivity contribution in [3.05, 3.63) is 18.2 Å². The summed E-state index contributed by atoms with van der Waals surface area (Å²) >= 11 is 0. The number of rotatable bonds is 3. The molecule has 24 heavy (non-hydrogen) atoms. The van der Waals surface area contributed by atoms with Crippen LogP contribution in [0.4, 0.5) is 8.78 Å². The highest BCUT2D eigenvalue weighted by Crippen LogP contribution is 2.35. The monoisotopic (exact) mass is 340 g/mol. The van der Waals surface area contributed by atoms with E-state index in [0.717, 1.165) is 30.5 Å². The minimum Gasteiger partial charge on any atom is -0.355 e. The number of aliphatic imine (C=N–C) groups is 1. The first kappa shape index (κ1) is 16.7. The summed E-state index contributed by atoms with van der Waals surface area (Å²) in [4.78, 5) is 21.9. The smallest absolute Gasteiger partial charge is 0.319 e. The molecule has 1 spiro atoms. The molecular weight excluding hydrogens is 318 g/mol. The van der Waals surface area contributed by atoms with E-state index in [0.29, 0.717) is 18.9 Å². The van der Waals surface area contributed by atoms with Gasteiger partial charge < -0.3 is 15.5 Å². The molecule has 1 unspecified atom stereocenters. The van der Waals surface area contributed by atoms with Gasteiger partial charge in [0.05, 0.1) is 6.54 Å². The number of imidazole rings is 1. The third-order valence-electron chi connectivity index (χ3n) is 4.73. The Balaban J connectivity index is 1.64. The van der Waals surface area contributed by atoms with Gasteiger partial charge >= 0.3 is 6.55 Å². The summed E-state index contributed by atoms with van der Waals surface area (Å²) < 4.78 is 26.6. The van der Waals surface area contributed by atoms with Crippen LogP contribution in [0, 0.1) is 5.41 Å². The first-order valence-electron chi connectivity index (χ1n) is 8.05. The molecule has 132 valence electrons. The quantitative estimate of drug-likeness (QED) is 0.635. The number of aromatic nitrogens is 2. The maximum Gasteiger partial charge on any atom is 0.319 e. The third-order valence-corrected chi connectivity index (χ3v) is 4.73. The van der Waals surface area contributed by atoms with E-state index in [4.69, 9.17) is 0 Å². The summed E-state index contributed by atoms with van der Waals surface area (Å²) in [6, 6.07) is 0. The largest absolute Gasteiger partial charge is 0.355 e. The first-order chi connectivity index (χ1) is 11.5. The number of amides is 1. The molecule has 0 aromatic carbocycles. The number of guanidine groups is 1. The Hall–Kier alpha value is -2.19. The van der Waals surface area contributed by atoms with Crippen molar-refractivity contribution in [2.45, 2.75) is 32.4 Å². The Labute approximate surface area is 139 Å². The molecule has 2 saturated heterocycles. The van der Waals surface area contributed by atoms with Crippen LogP contribution < -0.4 is 10.6 Å². The second-order valence-electron chi connectivity index (χ2n) is 6.41. The second-order valence-corrected chi connectivity index (χ2v) is 6.41. The third kappa shape index (κ3) is 3.34. The van der Waals surface area contributed by atoms with Gasteiger partial charge in [-0.25, -0.2) is 4.98 Å². The van der Waals surface area contributed by atoms with Crippen molar-refractivity contribution < 1.29 is 13.6 Å². The van der Waals surface area contributed by atoms with E-state index in [1.165, 1.54) is 12.4 Å². The van der Waals surface area contributed by atoms with E-state index in [1.54, 1.807) is 7.05 Å². The van der Waals surface area contributed by atoms with Crippen molar-refractivity contribution >= 4 is 11.9 Å². The lowest BCUT2D eigenvalue weighted by atomic mass is 9.79. The number of carbonyl (C=O) groups excluding carboxylic acids is 1. The fourth-order valence-electron chi connectivity index (χ4n) is 3.58. The van der Waals surface area contributed by atoms with Gasteiger partial charge in [0.15, 0.2) is 5.96 Å². The molecule has 1 amide bonds. The van der Waals surface area contributed by atoms with Crippen LogP contribution in [0.25, 0.3) is 0 Å². The van der Waals surface area contributed by atoms with Gasteiger partial charge in [0, 0.05) is 50.9 Å². The molecule has 7 nitrogen and oxygen atoms in total. The van der Waals surface area contributed by atoms with Crippen LogP contribution in [0.1, 0.15) is 31.6 Å². The average Bonchev–Trinajstić information content (AvgIpc) is 3.15. The van der Waals surface area contributed by atoms with Crippen LogP contribution in [0.15, 0.2) is 17.4 Å². The Morgan fingerprint density at radius 3 is 3.08 bits per heavy atom. The average molecular weight is 340 g/mol. The summed E-state index contributed by atoms with van der Waals surface area (Å²) in [5, 5.41) is 6.02. The first-order valence-corrected chi connectivity index (χ1v) is 8.05. The predicted molar refractivity (Wildman–Crippen MR) is 84.5 cm³/mol. The van der Waals surface area contributed by atoms with Crippen molar-refractivity contribution in [2.75, 3.05) is 26.7 Å². The molecule has 2 fully saturated rings. The number of piperidine rings is 1. The molecule has 0 saturated carbocycles. The lowest BCUT2D eigenvalue weighted by Gasteiger charge is -2.40. The molecular formula is C15H22F2N6O. The Kier molecular flexibility index (Phi) is 4.68. The van der Waals surface area contributed by atoms with Crippen LogP contribution in [-0.2, 0) is 11.3 Å². The zero-order valence-electron chi connectivity index (χ0n) is 13.6. The van der Waals surface area contributed by atoms with Gasteiger partial charge in [-0.15, -0.1) is 0 Å². The molecule has 2 N–H and O–H groups in total. The number of hydrogen-bond acceptors (Lipinski definition) is 3. The van der Waals surface area contributed by atoms with Gasteiger partial charge in [-0.3, -0.25) is 14.4 Å². The molecule has 0 bridgehead atoms. The van der Waals surface area contributed by atoms with Crippen LogP contribution in [0.5, 0.6) is 0 Å². The highest BCUT2D eigenvalue weighted by atomic mass is 19.3. The summed E-state index contributed by atoms with van der Waals surface area (Å²) in [5.41, 5.74) is -0.0472. The van der Waals surface area contributed by atoms with E-state index < -0.39 is 6.55 Å². The molecule has 1 atom stereocenters. The van der Waals surface area contributed by atoms with Gasteiger partial charge in [-0.2, -0.15) is 8.78 Å². The van der Waals surface area contributed by atoms with Crippen molar-refractivity contribution in [1.29, 1.82) is 0 Å². The zero-order chi connectivity index (χ0) is 17.2. The van der Waals surface area contributed by atoms with Gasteiger partial charge in [0.2, 0.25) is 5.91 Å². The van der Waals surface area contributed by atoms with Crippen molar-refractivity contribution in [1.82, 2.24) is 25.1 Å². The van der Waals surface area contributed by atoms with Gasteiger partial charge in [0.1, 0.15) is 5.82 Å². The van der Waals surface area contributed by atoms with E-state index >= 15 is 0 Å². The normalized spacial score (nSPS) is 24.8. The summed E-state index contributed by atoms with van der Waals surface area (Å²) in [5.74, 6) is 1.01. The van der Waals surface area contributed by atoms with Gasteiger partial charge in [-0.1, -0.05) is 0 Å². The fraction of sp³-hybridized carbons (Fsp3) is 0.667. The van der Waals surface area contributed by atoms with E-state index in [9.17, 15) is 13.6 Å². The van der Waals surface area contributed by atoms with E-state index in [-0.39, 0.29) is 23.7 Å². The van der Waals surface area contributed by atoms with Gasteiger partial charge in [0.25, 0.3) is 0 Å². The number of alkyl halides is 2. The van der Waals surface area contributed by atoms with Crippen LogP contribution in [0.2, 0.25) is 0 Å². The molecule has 3 heterocycles. The highest BCUT2D eigenvalue weighted by Gasteiger charge is 2.42. The molecule has 1 aromatic heterocycles. The predicted octanol–water partition coefficient (Wildman–Crippen LogP) is 0.956. The van der Waals surface area contributed by atoms with Crippen LogP contribution >= 0.6 is 0 Å². The molecule has 3 rings (SSSR count). The van der Waals surface area contributed by atoms with Crippen molar-refractivity contribution in [2.24, 2.45) is 10.4 Å². The SMILES string of the molecule is CN=C(NCc1nccn1C(F)F)N1CCCC2(CNC(=O)C2)C1. The Bertz CT molecular complexity index is 631. The fourth-order valence-corrected chi connectivity index (χ4v) is 3.58. The summed E-state index contributed by atoms with van der Waals surface area (Å²) in [6.07, 6.45) is 5.14. The Morgan fingerprint density at radius 1 is 1.58 bits per heavy atom. The summed E-state index contributed by atoms with van der Waals surface area (Å²) in [6.45, 7) is -0.187. The lowest BCUT2D eigenvalue weighted by Crippen LogP contribution is -2.51. The van der Waals surface area contributed by atoms with E-state index in [2.05, 4.69) is 25.5 Å². The lowest BCUT2D eigenvalue weighted by molar-refractivity contribution is -0.119. The minimum atomic E-state index is -2.61. The number of likely N-dealkylation sites (tertiary alicyclic amines) is 1. The molecule has 9 heteroatoms. The second kappa shape index (κ2) is 6.74. The molecule has 1 aromatic rings. The van der Waals surface area contributed by atoms with Gasteiger partial charge in [-0.05, 0) is 12.8 Å². The molecule has 0 radical (unpaired) electrons. The maximum absolute atomic E-state index is 12.9. The minimum absolute atomic E-state index is 0.0472. The summed E-state index contributed by atoms with van der Waals surface area (Å²) in [7, 11) is 1.67. The van der Waals surface area contributed by atoms with Crippen LogP contribution in [0.3, 0.4) is 0 Å². The molecule has 2 aliphatic heterocycles. The topological polar surface area (TPSA) is 74.6 Å². The standard InChI is InChI=1S/C15H22F2N6O/c1-18-14(20-8-11-19-4-6-23(11)13(16)17)22-5-2-3-15(10-22)7-12(24)21-9-15/h4,6,13H,2-3,5,7-10H2,1H3,(H,18,20)(H,21,24). The Morgan fingerprint density at radius 2 is 2.42 bits per heavy atom. The number of halogens is 2. The van der Waals surface area contributed by atoms with Crippen molar-refractivity contribution in [3.8, 4) is 0 Å². The molecule has 0 aliphatic carbocycles. The highest BCUT2D eigenvalue weighted by molar-refractivity contribution is 5.81. The van der Waals surface area contributed by atoms with Crippen LogP contribution in [-0.4, -0.2) is 53.0 Å². The van der Waals surface area contributed by atoms with Crippen molar-refractivity contribution in [3.63, 3.8) is 0 Å². The molecule has 2 aliphatic rings. The van der Waals surface area contributed by atoms with E-state index in [1.807, 2.05) is 0 Å². The number of nitrogens with one attached hydrogen (secondary N) is 2. The number of hydrogen-bond donors (Lipinski definition) is 2. The maximum atomic E-state index is 12.9. The number of carbonyl (C=O) groups is 1. The number of nitrogens with zero attached hydrogens (tertiary/aromatic N) is 4. The zero-order valence-corrected chi connectivity index (χ0v) is 13.6.